The summed E-state index contributed by atoms with van der Waals surface area (Å²) < 4.78 is 20.1. The lowest BCUT2D eigenvalue weighted by molar-refractivity contribution is -0.384. The summed E-state index contributed by atoms with van der Waals surface area (Å²) in [5, 5.41) is 11.1. The van der Waals surface area contributed by atoms with Gasteiger partial charge in [0, 0.05) is 12.1 Å². The molecule has 0 bridgehead atoms. The third-order valence-electron chi connectivity index (χ3n) is 4.99. The zero-order chi connectivity index (χ0) is 23.0. The Morgan fingerprint density at radius 1 is 1.28 bits per heavy atom. The fourth-order valence-corrected chi connectivity index (χ4v) is 4.58. The van der Waals surface area contributed by atoms with Gasteiger partial charge in [0.15, 0.2) is 4.80 Å². The van der Waals surface area contributed by atoms with Gasteiger partial charge in [-0.1, -0.05) is 35.6 Å². The first-order valence-electron chi connectivity index (χ1n) is 9.41. The second-order valence-corrected chi connectivity index (χ2v) is 7.99. The van der Waals surface area contributed by atoms with Crippen molar-refractivity contribution in [2.45, 2.75) is 13.0 Å². The summed E-state index contributed by atoms with van der Waals surface area (Å²) in [6, 6.07) is 10.5. The zero-order valence-corrected chi connectivity index (χ0v) is 17.8. The Labute approximate surface area is 184 Å². The standard InChI is InChI=1S/C22H16FN3O5S/c1-12-18(21(28)31-2)19(14-6-8-15(23)9-7-14)25-20(27)17(32-22(25)24-12)11-13-4-3-5-16(10-13)26(29)30/h3-11,19H,1-2H3/b17-11+. The number of nitro groups is 1. The van der Waals surface area contributed by atoms with Crippen LogP contribution in [0.3, 0.4) is 0 Å². The van der Waals surface area contributed by atoms with Gasteiger partial charge in [-0.3, -0.25) is 19.5 Å². The number of allylic oxidation sites excluding steroid dienone is 1. The first-order chi connectivity index (χ1) is 15.3. The Balaban J connectivity index is 1.95. The van der Waals surface area contributed by atoms with Crippen molar-refractivity contribution in [1.29, 1.82) is 0 Å². The number of ether oxygens (including phenoxy) is 1. The van der Waals surface area contributed by atoms with Crippen LogP contribution in [0.25, 0.3) is 6.08 Å². The van der Waals surface area contributed by atoms with Gasteiger partial charge >= 0.3 is 5.97 Å². The van der Waals surface area contributed by atoms with Crippen LogP contribution in [-0.4, -0.2) is 22.6 Å². The smallest absolute Gasteiger partial charge is 0.338 e. The van der Waals surface area contributed by atoms with Crippen LogP contribution in [-0.2, 0) is 9.53 Å². The van der Waals surface area contributed by atoms with E-state index in [-0.39, 0.29) is 15.8 Å². The SMILES string of the molecule is COC(=O)C1=C(C)N=c2s/c(=C/c3cccc([N+](=O)[O-])c3)c(=O)n2C1c1ccc(F)cc1. The maximum Gasteiger partial charge on any atom is 0.338 e. The van der Waals surface area contributed by atoms with Gasteiger partial charge in [0.05, 0.1) is 33.9 Å². The number of nitro benzene ring substituents is 1. The van der Waals surface area contributed by atoms with Gasteiger partial charge in [0.2, 0.25) is 0 Å². The lowest BCUT2D eigenvalue weighted by atomic mass is 9.96. The largest absolute Gasteiger partial charge is 0.466 e. The molecule has 1 aliphatic heterocycles. The Hall–Kier alpha value is -3.92. The number of rotatable bonds is 4. The number of hydrogen-bond acceptors (Lipinski definition) is 7. The molecule has 1 aromatic heterocycles. The Kier molecular flexibility index (Phi) is 5.54. The maximum atomic E-state index is 13.5. The molecule has 2 aromatic carbocycles. The number of carbonyl (C=O) groups is 1. The first-order valence-corrected chi connectivity index (χ1v) is 10.2. The van der Waals surface area contributed by atoms with Crippen LogP contribution in [0.1, 0.15) is 24.1 Å². The summed E-state index contributed by atoms with van der Waals surface area (Å²) in [7, 11) is 1.23. The van der Waals surface area contributed by atoms with Gasteiger partial charge in [0.1, 0.15) is 5.82 Å². The molecular weight excluding hydrogens is 437 g/mol. The molecule has 0 aliphatic carbocycles. The fraction of sp³-hybridized carbons (Fsp3) is 0.136. The van der Waals surface area contributed by atoms with E-state index in [9.17, 15) is 24.1 Å². The normalized spacial score (nSPS) is 15.8. The summed E-state index contributed by atoms with van der Waals surface area (Å²) >= 11 is 1.10. The molecule has 8 nitrogen and oxygen atoms in total. The van der Waals surface area contributed by atoms with Crippen LogP contribution in [0.15, 0.2) is 69.6 Å². The van der Waals surface area contributed by atoms with E-state index in [4.69, 9.17) is 4.74 Å². The van der Waals surface area contributed by atoms with E-state index in [0.29, 0.717) is 21.6 Å². The number of nitrogens with zero attached hydrogens (tertiary/aromatic N) is 3. The van der Waals surface area contributed by atoms with E-state index < -0.39 is 28.3 Å². The molecule has 0 radical (unpaired) electrons. The predicted octanol–water partition coefficient (Wildman–Crippen LogP) is 2.46. The van der Waals surface area contributed by atoms with Gasteiger partial charge in [-0.15, -0.1) is 0 Å². The average Bonchev–Trinajstić information content (AvgIpc) is 3.07. The highest BCUT2D eigenvalue weighted by Gasteiger charge is 2.33. The van der Waals surface area contributed by atoms with E-state index >= 15 is 0 Å². The van der Waals surface area contributed by atoms with Crippen LogP contribution in [0.4, 0.5) is 10.1 Å². The molecule has 0 spiro atoms. The molecule has 10 heteroatoms. The lowest BCUT2D eigenvalue weighted by Crippen LogP contribution is -2.39. The first kappa shape index (κ1) is 21.3. The van der Waals surface area contributed by atoms with Crippen molar-refractivity contribution in [2.75, 3.05) is 7.11 Å². The molecule has 1 atom stereocenters. The molecule has 32 heavy (non-hydrogen) atoms. The van der Waals surface area contributed by atoms with Crippen LogP contribution in [0, 0.1) is 15.9 Å². The zero-order valence-electron chi connectivity index (χ0n) is 16.9. The molecule has 4 rings (SSSR count). The lowest BCUT2D eigenvalue weighted by Gasteiger charge is -2.24. The number of aromatic nitrogens is 1. The summed E-state index contributed by atoms with van der Waals surface area (Å²) in [5.41, 5.74) is 1.03. The quantitative estimate of drug-likeness (QED) is 0.343. The highest BCUT2D eigenvalue weighted by atomic mass is 32.1. The van der Waals surface area contributed by atoms with Crippen molar-refractivity contribution in [1.82, 2.24) is 4.57 Å². The number of methoxy groups -OCH3 is 1. The molecule has 0 amide bonds. The number of halogens is 1. The van der Waals surface area contributed by atoms with Gasteiger partial charge in [-0.2, -0.15) is 0 Å². The molecule has 0 saturated heterocycles. The molecule has 0 N–H and O–H groups in total. The Bertz CT molecular complexity index is 1450. The van der Waals surface area contributed by atoms with Crippen LogP contribution in [0.2, 0.25) is 0 Å². The van der Waals surface area contributed by atoms with Crippen molar-refractivity contribution in [3.05, 3.63) is 107 Å². The van der Waals surface area contributed by atoms with Gasteiger partial charge in [0.25, 0.3) is 11.2 Å². The van der Waals surface area contributed by atoms with Crippen LogP contribution >= 0.6 is 11.3 Å². The van der Waals surface area contributed by atoms with Crippen LogP contribution in [0.5, 0.6) is 0 Å². The molecule has 1 unspecified atom stereocenters. The van der Waals surface area contributed by atoms with Crippen molar-refractivity contribution in [2.24, 2.45) is 4.99 Å². The number of hydrogen-bond donors (Lipinski definition) is 0. The van der Waals surface area contributed by atoms with E-state index in [1.807, 2.05) is 0 Å². The van der Waals surface area contributed by atoms with Gasteiger partial charge < -0.3 is 4.74 Å². The molecule has 2 heterocycles. The van der Waals surface area contributed by atoms with Crippen molar-refractivity contribution in [3.63, 3.8) is 0 Å². The average molecular weight is 453 g/mol. The number of carbonyl (C=O) groups excluding carboxylic acids is 1. The van der Waals surface area contributed by atoms with Gasteiger partial charge in [-0.25, -0.2) is 14.2 Å². The van der Waals surface area contributed by atoms with Crippen molar-refractivity contribution in [3.8, 4) is 0 Å². The molecule has 162 valence electrons. The minimum absolute atomic E-state index is 0.0977. The second-order valence-electron chi connectivity index (χ2n) is 6.98. The van der Waals surface area contributed by atoms with E-state index in [2.05, 4.69) is 4.99 Å². The molecule has 1 aliphatic rings. The number of benzene rings is 2. The highest BCUT2D eigenvalue weighted by Crippen LogP contribution is 2.30. The predicted molar refractivity (Wildman–Crippen MR) is 115 cm³/mol. The summed E-state index contributed by atoms with van der Waals surface area (Å²) in [5.74, 6) is -1.10. The number of thiazole rings is 1. The maximum absolute atomic E-state index is 13.5. The molecular formula is C22H16FN3O5S. The van der Waals surface area contributed by atoms with Crippen molar-refractivity contribution < 1.29 is 18.8 Å². The van der Waals surface area contributed by atoms with E-state index in [1.54, 1.807) is 13.0 Å². The van der Waals surface area contributed by atoms with Gasteiger partial charge in [-0.05, 0) is 36.3 Å². The Morgan fingerprint density at radius 2 is 2.00 bits per heavy atom. The Morgan fingerprint density at radius 3 is 2.66 bits per heavy atom. The number of fused-ring (bicyclic) bond motifs is 1. The third kappa shape index (κ3) is 3.76. The summed E-state index contributed by atoms with van der Waals surface area (Å²) in [6.45, 7) is 1.64. The number of non-ortho nitro benzene ring substituents is 1. The van der Waals surface area contributed by atoms with E-state index in [0.717, 1.165) is 11.3 Å². The molecule has 3 aromatic rings. The second kappa shape index (κ2) is 8.31. The molecule has 0 saturated carbocycles. The monoisotopic (exact) mass is 453 g/mol. The topological polar surface area (TPSA) is 104 Å². The number of esters is 1. The fourth-order valence-electron chi connectivity index (χ4n) is 3.53. The summed E-state index contributed by atoms with van der Waals surface area (Å²) in [4.78, 5) is 41.2. The minimum Gasteiger partial charge on any atom is -0.466 e. The molecule has 0 fully saturated rings. The van der Waals surface area contributed by atoms with Crippen LogP contribution < -0.4 is 14.9 Å². The van der Waals surface area contributed by atoms with E-state index in [1.165, 1.54) is 60.2 Å². The summed E-state index contributed by atoms with van der Waals surface area (Å²) in [6.07, 6.45) is 1.54. The highest BCUT2D eigenvalue weighted by molar-refractivity contribution is 7.07. The van der Waals surface area contributed by atoms with Crippen molar-refractivity contribution >= 4 is 29.1 Å². The minimum atomic E-state index is -0.855. The third-order valence-corrected chi connectivity index (χ3v) is 5.97.